The fourth-order valence-electron chi connectivity index (χ4n) is 4.17. The molecule has 0 bridgehead atoms. The van der Waals surface area contributed by atoms with E-state index in [0.717, 1.165) is 25.1 Å². The summed E-state index contributed by atoms with van der Waals surface area (Å²) in [5.41, 5.74) is 5.84. The van der Waals surface area contributed by atoms with Crippen molar-refractivity contribution in [2.75, 3.05) is 11.4 Å². The average Bonchev–Trinajstić information content (AvgIpc) is 2.94. The number of carbonyl (C=O) groups is 1. The number of anilines is 1. The maximum atomic E-state index is 11.8. The third kappa shape index (κ3) is 3.01. The van der Waals surface area contributed by atoms with Crippen LogP contribution in [0.5, 0.6) is 0 Å². The number of allylic oxidation sites excluding steroid dienone is 3. The van der Waals surface area contributed by atoms with Crippen molar-refractivity contribution in [1.29, 1.82) is 0 Å². The summed E-state index contributed by atoms with van der Waals surface area (Å²) in [7, 11) is 0. The number of hydrogen-bond donors (Lipinski definition) is 1. The molecule has 1 heterocycles. The zero-order chi connectivity index (χ0) is 18.4. The van der Waals surface area contributed by atoms with E-state index in [1.54, 1.807) is 12.2 Å². The Morgan fingerprint density at radius 2 is 1.72 bits per heavy atom. The molecule has 2 aliphatic rings. The smallest absolute Gasteiger partial charge is 0.352 e. The molecule has 1 aliphatic heterocycles. The van der Waals surface area contributed by atoms with Crippen LogP contribution in [-0.4, -0.2) is 17.6 Å². The van der Waals surface area contributed by atoms with Gasteiger partial charge in [0.15, 0.2) is 0 Å². The quantitative estimate of drug-likeness (QED) is 0.626. The van der Waals surface area contributed by atoms with E-state index in [2.05, 4.69) is 39.8 Å². The molecule has 1 aliphatic carbocycles. The first kappa shape index (κ1) is 17.8. The van der Waals surface area contributed by atoms with Crippen molar-refractivity contribution in [3.8, 4) is 0 Å². The Morgan fingerprint density at radius 1 is 1.12 bits per heavy atom. The maximum Gasteiger partial charge on any atom is 0.352 e. The second-order valence-corrected chi connectivity index (χ2v) is 8.58. The van der Waals surface area contributed by atoms with Gasteiger partial charge in [0.1, 0.15) is 5.70 Å². The highest BCUT2D eigenvalue weighted by Gasteiger charge is 2.39. The van der Waals surface area contributed by atoms with Crippen molar-refractivity contribution in [3.63, 3.8) is 0 Å². The van der Waals surface area contributed by atoms with Crippen LogP contribution in [0.3, 0.4) is 0 Å². The Bertz CT molecular complexity index is 768. The Balaban J connectivity index is 2.14. The normalized spacial score (nSPS) is 21.3. The zero-order valence-electron chi connectivity index (χ0n) is 16.0. The molecule has 0 aromatic heterocycles. The van der Waals surface area contributed by atoms with Gasteiger partial charge in [-0.3, -0.25) is 0 Å². The van der Waals surface area contributed by atoms with Crippen LogP contribution >= 0.6 is 0 Å². The van der Waals surface area contributed by atoms with Gasteiger partial charge in [0.2, 0.25) is 0 Å². The number of aliphatic carboxylic acids is 1. The van der Waals surface area contributed by atoms with Gasteiger partial charge >= 0.3 is 5.97 Å². The summed E-state index contributed by atoms with van der Waals surface area (Å²) in [4.78, 5) is 13.7. The third-order valence-electron chi connectivity index (χ3n) is 5.90. The van der Waals surface area contributed by atoms with Crippen molar-refractivity contribution in [2.24, 2.45) is 0 Å². The van der Waals surface area contributed by atoms with Gasteiger partial charge in [0.05, 0.1) is 0 Å². The number of carboxylic acids is 1. The molecule has 3 rings (SSSR count). The Morgan fingerprint density at radius 3 is 2.28 bits per heavy atom. The molecule has 0 saturated heterocycles. The lowest BCUT2D eigenvalue weighted by molar-refractivity contribution is -0.132. The lowest BCUT2D eigenvalue weighted by Gasteiger charge is -2.42. The number of rotatable bonds is 3. The van der Waals surface area contributed by atoms with Crippen LogP contribution in [0.4, 0.5) is 5.69 Å². The van der Waals surface area contributed by atoms with Crippen LogP contribution in [-0.2, 0) is 22.0 Å². The highest BCUT2D eigenvalue weighted by Crippen LogP contribution is 2.49. The van der Waals surface area contributed by atoms with Crippen molar-refractivity contribution >= 4 is 11.7 Å². The number of nitrogens with zero attached hydrogens (tertiary/aromatic N) is 1. The summed E-state index contributed by atoms with van der Waals surface area (Å²) in [6, 6.07) is 4.62. The van der Waals surface area contributed by atoms with Crippen LogP contribution < -0.4 is 4.90 Å². The number of fused-ring (bicyclic) bond motifs is 2. The van der Waals surface area contributed by atoms with E-state index in [-0.39, 0.29) is 10.8 Å². The second kappa shape index (κ2) is 6.05. The molecule has 0 fully saturated rings. The van der Waals surface area contributed by atoms with Gasteiger partial charge in [-0.15, -0.1) is 0 Å². The molecule has 0 unspecified atom stereocenters. The lowest BCUT2D eigenvalue weighted by atomic mass is 9.63. The first-order chi connectivity index (χ1) is 11.7. The lowest BCUT2D eigenvalue weighted by Crippen LogP contribution is -2.34. The van der Waals surface area contributed by atoms with Crippen LogP contribution in [0.1, 0.15) is 64.2 Å². The monoisotopic (exact) mass is 339 g/mol. The fourth-order valence-corrected chi connectivity index (χ4v) is 4.17. The summed E-state index contributed by atoms with van der Waals surface area (Å²) in [5.74, 6) is -0.872. The molecule has 0 spiro atoms. The van der Waals surface area contributed by atoms with Gasteiger partial charge in [0, 0.05) is 12.2 Å². The molecule has 1 aromatic carbocycles. The second-order valence-electron chi connectivity index (χ2n) is 8.58. The molecule has 1 aromatic rings. The molecule has 25 heavy (non-hydrogen) atoms. The molecule has 134 valence electrons. The SMILES string of the molecule is C/C=C/C=C(/C(=O)O)N1CCc2cc3c(cc21)C(C)(C)CCC3(C)C. The molecule has 3 nitrogen and oxygen atoms in total. The van der Waals surface area contributed by atoms with E-state index < -0.39 is 5.97 Å². The number of hydrogen-bond acceptors (Lipinski definition) is 2. The summed E-state index contributed by atoms with van der Waals surface area (Å²) in [6.45, 7) is 11.9. The molecule has 0 amide bonds. The minimum atomic E-state index is -0.872. The van der Waals surface area contributed by atoms with Crippen LogP contribution in [0.15, 0.2) is 36.1 Å². The average molecular weight is 339 g/mol. The highest BCUT2D eigenvalue weighted by atomic mass is 16.4. The summed E-state index contributed by atoms with van der Waals surface area (Å²) in [6.07, 6.45) is 8.61. The van der Waals surface area contributed by atoms with Gasteiger partial charge in [-0.2, -0.15) is 0 Å². The van der Waals surface area contributed by atoms with Gasteiger partial charge < -0.3 is 10.0 Å². The van der Waals surface area contributed by atoms with E-state index >= 15 is 0 Å². The predicted molar refractivity (Wildman–Crippen MR) is 103 cm³/mol. The summed E-state index contributed by atoms with van der Waals surface area (Å²) >= 11 is 0. The Kier molecular flexibility index (Phi) is 4.30. The van der Waals surface area contributed by atoms with Gasteiger partial charge in [-0.1, -0.05) is 45.9 Å². The number of benzene rings is 1. The van der Waals surface area contributed by atoms with Crippen LogP contribution in [0, 0.1) is 0 Å². The molecule has 3 heteroatoms. The molecule has 0 radical (unpaired) electrons. The van der Waals surface area contributed by atoms with E-state index in [0.29, 0.717) is 5.70 Å². The van der Waals surface area contributed by atoms with E-state index in [1.165, 1.54) is 23.1 Å². The number of carboxylic acid groups (broad SMARTS) is 1. The van der Waals surface area contributed by atoms with E-state index in [4.69, 9.17) is 0 Å². The van der Waals surface area contributed by atoms with Gasteiger partial charge in [0.25, 0.3) is 0 Å². The van der Waals surface area contributed by atoms with Crippen molar-refractivity contribution in [1.82, 2.24) is 0 Å². The van der Waals surface area contributed by atoms with Crippen LogP contribution in [0.25, 0.3) is 0 Å². The van der Waals surface area contributed by atoms with Gasteiger partial charge in [-0.05, 0) is 65.8 Å². The van der Waals surface area contributed by atoms with E-state index in [1.807, 2.05) is 17.9 Å². The largest absolute Gasteiger partial charge is 0.477 e. The third-order valence-corrected chi connectivity index (χ3v) is 5.90. The van der Waals surface area contributed by atoms with Crippen molar-refractivity contribution in [2.45, 2.75) is 64.7 Å². The molecule has 1 N–H and O–H groups in total. The molecule has 0 saturated carbocycles. The predicted octanol–water partition coefficient (Wildman–Crippen LogP) is 4.94. The minimum absolute atomic E-state index is 0.130. The minimum Gasteiger partial charge on any atom is -0.477 e. The first-order valence-electron chi connectivity index (χ1n) is 9.19. The standard InChI is InChI=1S/C22H29NO2/c1-6-7-8-18(20(24)25)23-12-9-15-13-16-17(14-19(15)23)22(4,5)11-10-21(16,2)3/h6-8,13-14H,9-12H2,1-5H3,(H,24,25)/b7-6+,18-8-. The van der Waals surface area contributed by atoms with Crippen molar-refractivity contribution in [3.05, 3.63) is 52.7 Å². The summed E-state index contributed by atoms with van der Waals surface area (Å²) in [5, 5.41) is 9.67. The van der Waals surface area contributed by atoms with E-state index in [9.17, 15) is 9.90 Å². The summed E-state index contributed by atoms with van der Waals surface area (Å²) < 4.78 is 0. The zero-order valence-corrected chi connectivity index (χ0v) is 16.0. The van der Waals surface area contributed by atoms with Gasteiger partial charge in [-0.25, -0.2) is 4.79 Å². The first-order valence-corrected chi connectivity index (χ1v) is 9.19. The maximum absolute atomic E-state index is 11.8. The molecule has 0 atom stereocenters. The fraction of sp³-hybridized carbons (Fsp3) is 0.500. The Hall–Kier alpha value is -2.03. The molecular weight excluding hydrogens is 310 g/mol. The Labute approximate surface area is 151 Å². The highest BCUT2D eigenvalue weighted by molar-refractivity contribution is 5.92. The topological polar surface area (TPSA) is 40.5 Å². The van der Waals surface area contributed by atoms with Crippen molar-refractivity contribution < 1.29 is 9.90 Å². The molecular formula is C22H29NO2. The van der Waals surface area contributed by atoms with Crippen LogP contribution in [0.2, 0.25) is 0 Å².